The van der Waals surface area contributed by atoms with Gasteiger partial charge in [0, 0.05) is 31.2 Å². The zero-order chi connectivity index (χ0) is 18.0. The number of benzene rings is 1. The van der Waals surface area contributed by atoms with Crippen molar-refractivity contribution in [2.75, 3.05) is 26.7 Å². The standard InChI is InChI=1S/C16H23N5O3S/c1-11(2)20-25(22,23)13-6-4-12(5-7-13)16-18-15(19-24-16)14-10-17-8-9-21(14)3/h4-7,11,14,17,20H,8-10H2,1-3H3. The Morgan fingerprint density at radius 1 is 1.32 bits per heavy atom. The van der Waals surface area contributed by atoms with Gasteiger partial charge in [-0.15, -0.1) is 0 Å². The molecule has 0 aliphatic carbocycles. The molecule has 0 saturated carbocycles. The van der Waals surface area contributed by atoms with E-state index in [-0.39, 0.29) is 17.0 Å². The molecule has 1 aliphatic heterocycles. The zero-order valence-corrected chi connectivity index (χ0v) is 15.4. The van der Waals surface area contributed by atoms with Crippen molar-refractivity contribution in [2.45, 2.75) is 30.8 Å². The summed E-state index contributed by atoms with van der Waals surface area (Å²) in [6.45, 7) is 6.20. The lowest BCUT2D eigenvalue weighted by Gasteiger charge is -2.30. The summed E-state index contributed by atoms with van der Waals surface area (Å²) in [4.78, 5) is 6.86. The van der Waals surface area contributed by atoms with E-state index in [1.807, 2.05) is 7.05 Å². The summed E-state index contributed by atoms with van der Waals surface area (Å²) in [5.41, 5.74) is 0.689. The Bertz CT molecular complexity index is 817. The SMILES string of the molecule is CC(C)NS(=O)(=O)c1ccc(-c2nc(C3CNCCN3C)no2)cc1. The van der Waals surface area contributed by atoms with Crippen LogP contribution in [0.15, 0.2) is 33.7 Å². The predicted octanol–water partition coefficient (Wildman–Crippen LogP) is 0.999. The van der Waals surface area contributed by atoms with Crippen molar-refractivity contribution >= 4 is 10.0 Å². The molecule has 2 aromatic rings. The molecule has 0 amide bonds. The summed E-state index contributed by atoms with van der Waals surface area (Å²) in [5, 5.41) is 7.39. The first-order valence-corrected chi connectivity index (χ1v) is 9.72. The molecule has 1 fully saturated rings. The number of likely N-dealkylation sites (N-methyl/N-ethyl adjacent to an activating group) is 1. The average molecular weight is 365 g/mol. The quantitative estimate of drug-likeness (QED) is 0.815. The highest BCUT2D eigenvalue weighted by atomic mass is 32.2. The first kappa shape index (κ1) is 18.0. The zero-order valence-electron chi connectivity index (χ0n) is 14.6. The third kappa shape index (κ3) is 4.06. The van der Waals surface area contributed by atoms with Gasteiger partial charge < -0.3 is 9.84 Å². The second-order valence-corrected chi connectivity index (χ2v) is 8.17. The van der Waals surface area contributed by atoms with Crippen molar-refractivity contribution in [1.82, 2.24) is 25.1 Å². The monoisotopic (exact) mass is 365 g/mol. The highest BCUT2D eigenvalue weighted by Crippen LogP contribution is 2.23. The molecule has 1 unspecified atom stereocenters. The van der Waals surface area contributed by atoms with Crippen LogP contribution in [0.25, 0.3) is 11.5 Å². The number of hydrogen-bond acceptors (Lipinski definition) is 7. The van der Waals surface area contributed by atoms with Crippen molar-refractivity contribution in [3.63, 3.8) is 0 Å². The second-order valence-electron chi connectivity index (χ2n) is 6.46. The van der Waals surface area contributed by atoms with Crippen LogP contribution >= 0.6 is 0 Å². The molecule has 1 atom stereocenters. The van der Waals surface area contributed by atoms with E-state index in [1.165, 1.54) is 12.1 Å². The first-order chi connectivity index (χ1) is 11.9. The van der Waals surface area contributed by atoms with Gasteiger partial charge in [-0.25, -0.2) is 13.1 Å². The van der Waals surface area contributed by atoms with Gasteiger partial charge in [-0.1, -0.05) is 5.16 Å². The van der Waals surface area contributed by atoms with E-state index < -0.39 is 10.0 Å². The first-order valence-electron chi connectivity index (χ1n) is 8.24. The summed E-state index contributed by atoms with van der Waals surface area (Å²) in [5.74, 6) is 1.01. The molecule has 2 N–H and O–H groups in total. The minimum atomic E-state index is -3.51. The summed E-state index contributed by atoms with van der Waals surface area (Å²) in [6, 6.07) is 6.34. The second kappa shape index (κ2) is 7.20. The van der Waals surface area contributed by atoms with Gasteiger partial charge in [0.25, 0.3) is 5.89 Å². The Morgan fingerprint density at radius 3 is 2.68 bits per heavy atom. The van der Waals surface area contributed by atoms with Gasteiger partial charge in [0.2, 0.25) is 10.0 Å². The van der Waals surface area contributed by atoms with Crippen molar-refractivity contribution in [3.05, 3.63) is 30.1 Å². The average Bonchev–Trinajstić information content (AvgIpc) is 3.04. The van der Waals surface area contributed by atoms with E-state index in [4.69, 9.17) is 4.52 Å². The molecule has 136 valence electrons. The van der Waals surface area contributed by atoms with Crippen LogP contribution in [0.2, 0.25) is 0 Å². The fourth-order valence-corrected chi connectivity index (χ4v) is 3.99. The molecule has 25 heavy (non-hydrogen) atoms. The van der Waals surface area contributed by atoms with Crippen LogP contribution in [0.5, 0.6) is 0 Å². The maximum atomic E-state index is 12.2. The van der Waals surface area contributed by atoms with Gasteiger partial charge in [-0.05, 0) is 45.2 Å². The number of sulfonamides is 1. The van der Waals surface area contributed by atoms with Crippen LogP contribution in [0, 0.1) is 0 Å². The summed E-state index contributed by atoms with van der Waals surface area (Å²) in [6.07, 6.45) is 0. The molecular weight excluding hydrogens is 342 g/mol. The van der Waals surface area contributed by atoms with E-state index in [0.717, 1.165) is 19.6 Å². The normalized spacial score (nSPS) is 19.4. The van der Waals surface area contributed by atoms with E-state index in [1.54, 1.807) is 26.0 Å². The number of nitrogens with zero attached hydrogens (tertiary/aromatic N) is 3. The van der Waals surface area contributed by atoms with Gasteiger partial charge in [0.15, 0.2) is 5.82 Å². The lowest BCUT2D eigenvalue weighted by Crippen LogP contribution is -2.44. The summed E-state index contributed by atoms with van der Waals surface area (Å²) >= 11 is 0. The Balaban J connectivity index is 1.79. The van der Waals surface area contributed by atoms with Crippen molar-refractivity contribution < 1.29 is 12.9 Å². The van der Waals surface area contributed by atoms with Gasteiger partial charge in [-0.2, -0.15) is 4.98 Å². The van der Waals surface area contributed by atoms with Gasteiger partial charge in [0.05, 0.1) is 10.9 Å². The van der Waals surface area contributed by atoms with Crippen LogP contribution in [-0.2, 0) is 10.0 Å². The molecule has 0 radical (unpaired) electrons. The minimum absolute atomic E-state index is 0.0705. The molecule has 1 saturated heterocycles. The fourth-order valence-electron chi connectivity index (χ4n) is 2.74. The van der Waals surface area contributed by atoms with Gasteiger partial charge >= 0.3 is 0 Å². The molecule has 8 nitrogen and oxygen atoms in total. The third-order valence-electron chi connectivity index (χ3n) is 4.05. The largest absolute Gasteiger partial charge is 0.334 e. The third-order valence-corrected chi connectivity index (χ3v) is 5.73. The Kier molecular flexibility index (Phi) is 5.19. The Morgan fingerprint density at radius 2 is 2.04 bits per heavy atom. The van der Waals surface area contributed by atoms with Crippen LogP contribution in [0.3, 0.4) is 0 Å². The number of hydrogen-bond donors (Lipinski definition) is 2. The minimum Gasteiger partial charge on any atom is -0.334 e. The van der Waals surface area contributed by atoms with Crippen LogP contribution in [0.1, 0.15) is 25.7 Å². The number of piperazine rings is 1. The summed E-state index contributed by atoms with van der Waals surface area (Å²) in [7, 11) is -1.48. The maximum Gasteiger partial charge on any atom is 0.257 e. The Labute approximate surface area is 147 Å². The van der Waals surface area contributed by atoms with E-state index in [0.29, 0.717) is 17.3 Å². The maximum absolute atomic E-state index is 12.2. The predicted molar refractivity (Wildman–Crippen MR) is 93.4 cm³/mol. The molecule has 2 heterocycles. The van der Waals surface area contributed by atoms with Crippen LogP contribution < -0.4 is 10.0 Å². The highest BCUT2D eigenvalue weighted by Gasteiger charge is 2.25. The van der Waals surface area contributed by atoms with Gasteiger partial charge in [-0.3, -0.25) is 4.90 Å². The summed E-state index contributed by atoms with van der Waals surface area (Å²) < 4.78 is 32.2. The van der Waals surface area contributed by atoms with E-state index in [2.05, 4.69) is 25.1 Å². The van der Waals surface area contributed by atoms with E-state index >= 15 is 0 Å². The molecular formula is C16H23N5O3S. The van der Waals surface area contributed by atoms with Crippen LogP contribution in [-0.4, -0.2) is 56.2 Å². The fraction of sp³-hybridized carbons (Fsp3) is 0.500. The molecule has 3 rings (SSSR count). The van der Waals surface area contributed by atoms with Crippen molar-refractivity contribution in [1.29, 1.82) is 0 Å². The Hall–Kier alpha value is -1.81. The number of rotatable bonds is 5. The van der Waals surface area contributed by atoms with E-state index in [9.17, 15) is 8.42 Å². The molecule has 1 aliphatic rings. The smallest absolute Gasteiger partial charge is 0.257 e. The molecule has 1 aromatic carbocycles. The molecule has 1 aromatic heterocycles. The van der Waals surface area contributed by atoms with Crippen molar-refractivity contribution in [3.8, 4) is 11.5 Å². The number of nitrogens with one attached hydrogen (secondary N) is 2. The lowest BCUT2D eigenvalue weighted by molar-refractivity contribution is 0.190. The lowest BCUT2D eigenvalue weighted by atomic mass is 10.2. The number of aromatic nitrogens is 2. The highest BCUT2D eigenvalue weighted by molar-refractivity contribution is 7.89. The van der Waals surface area contributed by atoms with Crippen molar-refractivity contribution in [2.24, 2.45) is 0 Å². The molecule has 9 heteroatoms. The molecule has 0 bridgehead atoms. The molecule has 0 spiro atoms. The topological polar surface area (TPSA) is 100 Å². The van der Waals surface area contributed by atoms with Crippen LogP contribution in [0.4, 0.5) is 0 Å². The van der Waals surface area contributed by atoms with Gasteiger partial charge in [0.1, 0.15) is 0 Å².